The van der Waals surface area contributed by atoms with Crippen LogP contribution in [0.5, 0.6) is 0 Å². The maximum Gasteiger partial charge on any atom is 0.217 e. The third-order valence-electron chi connectivity index (χ3n) is 2.05. The summed E-state index contributed by atoms with van der Waals surface area (Å²) in [5.41, 5.74) is 5.56. The van der Waals surface area contributed by atoms with Crippen molar-refractivity contribution in [3.05, 3.63) is 23.9 Å². The van der Waals surface area contributed by atoms with Gasteiger partial charge in [0.05, 0.1) is 5.56 Å². The SMILES string of the molecule is N#Cc1ccc(NCCCCC(N)=O)nc1. The molecule has 0 spiro atoms. The topological polar surface area (TPSA) is 91.8 Å². The quantitative estimate of drug-likeness (QED) is 0.697. The first kappa shape index (κ1) is 12.0. The predicted octanol–water partition coefficient (Wildman–Crippen LogP) is 1.02. The largest absolute Gasteiger partial charge is 0.370 e. The van der Waals surface area contributed by atoms with Crippen LogP contribution in [0.25, 0.3) is 0 Å². The minimum Gasteiger partial charge on any atom is -0.370 e. The fraction of sp³-hybridized carbons (Fsp3) is 0.364. The van der Waals surface area contributed by atoms with Crippen LogP contribution < -0.4 is 11.1 Å². The van der Waals surface area contributed by atoms with E-state index in [1.807, 2.05) is 6.07 Å². The Bertz CT molecular complexity index is 380. The average Bonchev–Trinajstić information content (AvgIpc) is 2.29. The van der Waals surface area contributed by atoms with Gasteiger partial charge in [-0.05, 0) is 25.0 Å². The van der Waals surface area contributed by atoms with Gasteiger partial charge in [-0.15, -0.1) is 0 Å². The summed E-state index contributed by atoms with van der Waals surface area (Å²) in [6.07, 6.45) is 3.58. The van der Waals surface area contributed by atoms with Crippen molar-refractivity contribution in [3.63, 3.8) is 0 Å². The van der Waals surface area contributed by atoms with Gasteiger partial charge in [0.15, 0.2) is 0 Å². The smallest absolute Gasteiger partial charge is 0.217 e. The molecule has 3 N–H and O–H groups in total. The molecule has 0 aliphatic rings. The van der Waals surface area contributed by atoms with Gasteiger partial charge in [0.25, 0.3) is 0 Å². The van der Waals surface area contributed by atoms with Crippen LogP contribution in [-0.2, 0) is 4.79 Å². The molecule has 0 fully saturated rings. The third-order valence-corrected chi connectivity index (χ3v) is 2.05. The molecule has 0 atom stereocenters. The van der Waals surface area contributed by atoms with Gasteiger partial charge in [0, 0.05) is 19.2 Å². The third kappa shape index (κ3) is 4.42. The fourth-order valence-electron chi connectivity index (χ4n) is 1.21. The summed E-state index contributed by atoms with van der Waals surface area (Å²) in [5.74, 6) is 0.467. The highest BCUT2D eigenvalue weighted by molar-refractivity contribution is 5.73. The van der Waals surface area contributed by atoms with Crippen molar-refractivity contribution in [2.75, 3.05) is 11.9 Å². The molecule has 1 heterocycles. The van der Waals surface area contributed by atoms with Gasteiger partial charge in [-0.1, -0.05) is 0 Å². The zero-order valence-corrected chi connectivity index (χ0v) is 8.94. The second kappa shape index (κ2) is 6.40. The van der Waals surface area contributed by atoms with Gasteiger partial charge in [-0.3, -0.25) is 4.79 Å². The molecule has 0 saturated heterocycles. The van der Waals surface area contributed by atoms with Crippen molar-refractivity contribution in [1.29, 1.82) is 5.26 Å². The highest BCUT2D eigenvalue weighted by Crippen LogP contribution is 2.04. The molecule has 1 aromatic heterocycles. The maximum absolute atomic E-state index is 10.5. The van der Waals surface area contributed by atoms with Gasteiger partial charge in [-0.25, -0.2) is 4.98 Å². The number of nitrogens with two attached hydrogens (primary N) is 1. The number of nitrogens with one attached hydrogen (secondary N) is 1. The Morgan fingerprint density at radius 3 is 2.88 bits per heavy atom. The number of anilines is 1. The fourth-order valence-corrected chi connectivity index (χ4v) is 1.21. The van der Waals surface area contributed by atoms with Gasteiger partial charge in [-0.2, -0.15) is 5.26 Å². The van der Waals surface area contributed by atoms with Crippen molar-refractivity contribution in [1.82, 2.24) is 4.98 Å². The molecule has 0 aromatic carbocycles. The molecule has 0 aliphatic heterocycles. The van der Waals surface area contributed by atoms with E-state index < -0.39 is 0 Å². The number of carbonyl (C=O) groups excluding carboxylic acids is 1. The van der Waals surface area contributed by atoms with Crippen molar-refractivity contribution in [2.45, 2.75) is 19.3 Å². The summed E-state index contributed by atoms with van der Waals surface area (Å²) in [6, 6.07) is 5.47. The minimum absolute atomic E-state index is 0.267. The summed E-state index contributed by atoms with van der Waals surface area (Å²) >= 11 is 0. The molecule has 0 radical (unpaired) electrons. The Kier molecular flexibility index (Phi) is 4.80. The Balaban J connectivity index is 2.22. The molecule has 84 valence electrons. The van der Waals surface area contributed by atoms with E-state index in [2.05, 4.69) is 10.3 Å². The molecule has 5 nitrogen and oxygen atoms in total. The second-order valence-electron chi connectivity index (χ2n) is 3.39. The lowest BCUT2D eigenvalue weighted by atomic mass is 10.2. The zero-order chi connectivity index (χ0) is 11.8. The zero-order valence-electron chi connectivity index (χ0n) is 8.94. The summed E-state index contributed by atoms with van der Waals surface area (Å²) in [4.78, 5) is 14.5. The van der Waals surface area contributed by atoms with E-state index in [9.17, 15) is 4.79 Å². The van der Waals surface area contributed by atoms with Crippen LogP contribution in [0.3, 0.4) is 0 Å². The highest BCUT2D eigenvalue weighted by atomic mass is 16.1. The number of hydrogen-bond acceptors (Lipinski definition) is 4. The summed E-state index contributed by atoms with van der Waals surface area (Å²) < 4.78 is 0. The number of hydrogen-bond donors (Lipinski definition) is 2. The van der Waals surface area contributed by atoms with Crippen LogP contribution in [-0.4, -0.2) is 17.4 Å². The predicted molar refractivity (Wildman–Crippen MR) is 60.5 cm³/mol. The molecular weight excluding hydrogens is 204 g/mol. The van der Waals surface area contributed by atoms with E-state index in [-0.39, 0.29) is 5.91 Å². The first-order valence-electron chi connectivity index (χ1n) is 5.10. The first-order valence-corrected chi connectivity index (χ1v) is 5.10. The van der Waals surface area contributed by atoms with Crippen LogP contribution in [0, 0.1) is 11.3 Å². The number of amides is 1. The average molecular weight is 218 g/mol. The molecule has 1 rings (SSSR count). The number of nitriles is 1. The summed E-state index contributed by atoms with van der Waals surface area (Å²) in [6.45, 7) is 0.742. The summed E-state index contributed by atoms with van der Waals surface area (Å²) in [5, 5.41) is 11.7. The van der Waals surface area contributed by atoms with Gasteiger partial charge >= 0.3 is 0 Å². The van der Waals surface area contributed by atoms with Crippen LogP contribution >= 0.6 is 0 Å². The Labute approximate surface area is 94.3 Å². The van der Waals surface area contributed by atoms with E-state index in [1.165, 1.54) is 6.20 Å². The van der Waals surface area contributed by atoms with Crippen LogP contribution in [0.15, 0.2) is 18.3 Å². The monoisotopic (exact) mass is 218 g/mol. The van der Waals surface area contributed by atoms with Crippen molar-refractivity contribution in [2.24, 2.45) is 5.73 Å². The number of aromatic nitrogens is 1. The normalized spacial score (nSPS) is 9.44. The molecule has 0 bridgehead atoms. The van der Waals surface area contributed by atoms with E-state index in [0.717, 1.165) is 25.2 Å². The molecule has 1 amide bonds. The van der Waals surface area contributed by atoms with Gasteiger partial charge < -0.3 is 11.1 Å². The van der Waals surface area contributed by atoms with E-state index in [0.29, 0.717) is 12.0 Å². The Morgan fingerprint density at radius 2 is 2.31 bits per heavy atom. The van der Waals surface area contributed by atoms with E-state index in [4.69, 9.17) is 11.0 Å². The summed E-state index contributed by atoms with van der Waals surface area (Å²) in [7, 11) is 0. The van der Waals surface area contributed by atoms with E-state index >= 15 is 0 Å². The lowest BCUT2D eigenvalue weighted by Gasteiger charge is -2.04. The van der Waals surface area contributed by atoms with Crippen LogP contribution in [0.4, 0.5) is 5.82 Å². The number of carbonyl (C=O) groups is 1. The number of unbranched alkanes of at least 4 members (excludes halogenated alkanes) is 1. The minimum atomic E-state index is -0.267. The number of nitrogens with zero attached hydrogens (tertiary/aromatic N) is 2. The number of pyridine rings is 1. The van der Waals surface area contributed by atoms with Gasteiger partial charge in [0.1, 0.15) is 11.9 Å². The van der Waals surface area contributed by atoms with Crippen molar-refractivity contribution in [3.8, 4) is 6.07 Å². The van der Waals surface area contributed by atoms with Gasteiger partial charge in [0.2, 0.25) is 5.91 Å². The molecule has 0 saturated carbocycles. The Morgan fingerprint density at radius 1 is 1.50 bits per heavy atom. The lowest BCUT2D eigenvalue weighted by molar-refractivity contribution is -0.118. The standard InChI is InChI=1S/C11H14N4O/c12-7-9-4-5-11(15-8-9)14-6-2-1-3-10(13)16/h4-5,8H,1-3,6H2,(H2,13,16)(H,14,15). The number of primary amides is 1. The van der Waals surface area contributed by atoms with Crippen molar-refractivity contribution < 1.29 is 4.79 Å². The Hall–Kier alpha value is -2.09. The molecule has 0 aliphatic carbocycles. The van der Waals surface area contributed by atoms with E-state index in [1.54, 1.807) is 12.1 Å². The van der Waals surface area contributed by atoms with Crippen LogP contribution in [0.1, 0.15) is 24.8 Å². The first-order chi connectivity index (χ1) is 7.72. The van der Waals surface area contributed by atoms with Crippen molar-refractivity contribution >= 4 is 11.7 Å². The molecule has 16 heavy (non-hydrogen) atoms. The highest BCUT2D eigenvalue weighted by Gasteiger charge is 1.96. The maximum atomic E-state index is 10.5. The number of rotatable bonds is 6. The lowest BCUT2D eigenvalue weighted by Crippen LogP contribution is -2.11. The van der Waals surface area contributed by atoms with Crippen LogP contribution in [0.2, 0.25) is 0 Å². The molecule has 5 heteroatoms. The molecule has 1 aromatic rings. The molecular formula is C11H14N4O. The second-order valence-corrected chi connectivity index (χ2v) is 3.39. The molecule has 0 unspecified atom stereocenters.